The van der Waals surface area contributed by atoms with E-state index in [-0.39, 0.29) is 5.56 Å². The Morgan fingerprint density at radius 1 is 1.69 bits per heavy atom. The van der Waals surface area contributed by atoms with Crippen molar-refractivity contribution in [2.24, 2.45) is 0 Å². The first-order valence-corrected chi connectivity index (χ1v) is 4.18. The second-order valence-electron chi connectivity index (χ2n) is 2.63. The minimum atomic E-state index is -0.952. The van der Waals surface area contributed by atoms with Crippen molar-refractivity contribution >= 4 is 11.8 Å². The molecule has 0 bridgehead atoms. The molecule has 0 saturated carbocycles. The molecule has 70 valence electrons. The summed E-state index contributed by atoms with van der Waals surface area (Å²) in [5.41, 5.74) is 0.218. The highest BCUT2D eigenvalue weighted by Crippen LogP contribution is 2.10. The zero-order valence-electron chi connectivity index (χ0n) is 7.45. The zero-order valence-corrected chi connectivity index (χ0v) is 7.45. The van der Waals surface area contributed by atoms with Crippen LogP contribution in [0.3, 0.4) is 0 Å². The molecule has 13 heavy (non-hydrogen) atoms. The Hall–Kier alpha value is -1.58. The number of carbonyl (C=O) groups is 1. The maximum atomic E-state index is 10.7. The molecule has 4 nitrogen and oxygen atoms in total. The van der Waals surface area contributed by atoms with Crippen LogP contribution in [0.5, 0.6) is 0 Å². The molecule has 1 aromatic heterocycles. The van der Waals surface area contributed by atoms with Gasteiger partial charge in [0.05, 0.1) is 0 Å². The Morgan fingerprint density at radius 3 is 3.08 bits per heavy atom. The molecule has 0 saturated heterocycles. The van der Waals surface area contributed by atoms with Gasteiger partial charge in [-0.2, -0.15) is 0 Å². The summed E-state index contributed by atoms with van der Waals surface area (Å²) in [6, 6.07) is 3.15. The molecule has 0 fully saturated rings. The van der Waals surface area contributed by atoms with E-state index < -0.39 is 5.97 Å². The molecule has 0 aliphatic heterocycles. The van der Waals surface area contributed by atoms with Gasteiger partial charge in [0.15, 0.2) is 0 Å². The molecule has 4 heteroatoms. The average Bonchev–Trinajstić information content (AvgIpc) is 2.15. The van der Waals surface area contributed by atoms with Gasteiger partial charge in [-0.1, -0.05) is 6.92 Å². The van der Waals surface area contributed by atoms with Crippen LogP contribution in [0.4, 0.5) is 5.82 Å². The molecule has 0 aliphatic carbocycles. The van der Waals surface area contributed by atoms with Crippen LogP contribution in [0, 0.1) is 0 Å². The average molecular weight is 180 g/mol. The standard InChI is InChI=1S/C9H12N2O2/c1-2-5-10-8-7(9(12)13)4-3-6-11-8/h3-4,6H,2,5H2,1H3,(H,10,11)(H,12,13). The summed E-state index contributed by atoms with van der Waals surface area (Å²) < 4.78 is 0. The van der Waals surface area contributed by atoms with Gasteiger partial charge in [0.25, 0.3) is 0 Å². The number of hydrogen-bond donors (Lipinski definition) is 2. The van der Waals surface area contributed by atoms with Crippen LogP contribution in [-0.4, -0.2) is 22.6 Å². The number of carboxylic acids is 1. The highest BCUT2D eigenvalue weighted by Gasteiger charge is 2.08. The molecule has 0 unspecified atom stereocenters. The van der Waals surface area contributed by atoms with Crippen molar-refractivity contribution < 1.29 is 9.90 Å². The number of nitrogens with zero attached hydrogens (tertiary/aromatic N) is 1. The fourth-order valence-corrected chi connectivity index (χ4v) is 0.962. The van der Waals surface area contributed by atoms with Gasteiger partial charge in [0.2, 0.25) is 0 Å². The van der Waals surface area contributed by atoms with E-state index in [1.54, 1.807) is 12.3 Å². The number of rotatable bonds is 4. The van der Waals surface area contributed by atoms with Crippen molar-refractivity contribution in [3.63, 3.8) is 0 Å². The van der Waals surface area contributed by atoms with Crippen LogP contribution < -0.4 is 5.32 Å². The van der Waals surface area contributed by atoms with Gasteiger partial charge in [-0.3, -0.25) is 0 Å². The van der Waals surface area contributed by atoms with E-state index in [0.29, 0.717) is 5.82 Å². The van der Waals surface area contributed by atoms with Crippen molar-refractivity contribution in [1.82, 2.24) is 4.98 Å². The lowest BCUT2D eigenvalue weighted by Crippen LogP contribution is -2.08. The molecule has 0 spiro atoms. The number of anilines is 1. The maximum Gasteiger partial charge on any atom is 0.339 e. The molecule has 1 heterocycles. The van der Waals surface area contributed by atoms with E-state index >= 15 is 0 Å². The Kier molecular flexibility index (Phi) is 3.25. The normalized spacial score (nSPS) is 9.62. The lowest BCUT2D eigenvalue weighted by Gasteiger charge is -2.05. The lowest BCUT2D eigenvalue weighted by molar-refractivity contribution is 0.0697. The molecular formula is C9H12N2O2. The zero-order chi connectivity index (χ0) is 9.68. The summed E-state index contributed by atoms with van der Waals surface area (Å²) in [6.45, 7) is 2.74. The van der Waals surface area contributed by atoms with Crippen LogP contribution in [0.25, 0.3) is 0 Å². The van der Waals surface area contributed by atoms with Crippen molar-refractivity contribution in [3.8, 4) is 0 Å². The van der Waals surface area contributed by atoms with Crippen LogP contribution in [0.1, 0.15) is 23.7 Å². The summed E-state index contributed by atoms with van der Waals surface area (Å²) in [7, 11) is 0. The molecule has 0 radical (unpaired) electrons. The molecule has 0 atom stereocenters. The van der Waals surface area contributed by atoms with E-state index in [0.717, 1.165) is 13.0 Å². The van der Waals surface area contributed by atoms with Crippen molar-refractivity contribution in [2.75, 3.05) is 11.9 Å². The Balaban J connectivity index is 2.84. The third kappa shape index (κ3) is 2.43. The highest BCUT2D eigenvalue weighted by atomic mass is 16.4. The third-order valence-corrected chi connectivity index (χ3v) is 1.58. The Labute approximate surface area is 76.6 Å². The highest BCUT2D eigenvalue weighted by molar-refractivity contribution is 5.92. The predicted octanol–water partition coefficient (Wildman–Crippen LogP) is 1.60. The van der Waals surface area contributed by atoms with E-state index in [1.165, 1.54) is 6.07 Å². The monoisotopic (exact) mass is 180 g/mol. The number of aromatic carboxylic acids is 1. The smallest absolute Gasteiger partial charge is 0.339 e. The minimum absolute atomic E-state index is 0.218. The van der Waals surface area contributed by atoms with Crippen LogP contribution in [0.15, 0.2) is 18.3 Å². The second kappa shape index (κ2) is 4.45. The first-order valence-electron chi connectivity index (χ1n) is 4.18. The first-order chi connectivity index (χ1) is 6.25. The van der Waals surface area contributed by atoms with Gasteiger partial charge in [0.1, 0.15) is 11.4 Å². The quantitative estimate of drug-likeness (QED) is 0.738. The molecule has 0 aromatic carbocycles. The van der Waals surface area contributed by atoms with Crippen LogP contribution >= 0.6 is 0 Å². The van der Waals surface area contributed by atoms with Gasteiger partial charge < -0.3 is 10.4 Å². The van der Waals surface area contributed by atoms with E-state index in [1.807, 2.05) is 6.92 Å². The number of nitrogens with one attached hydrogen (secondary N) is 1. The minimum Gasteiger partial charge on any atom is -0.478 e. The van der Waals surface area contributed by atoms with Crippen molar-refractivity contribution in [3.05, 3.63) is 23.9 Å². The van der Waals surface area contributed by atoms with Gasteiger partial charge in [0, 0.05) is 12.7 Å². The topological polar surface area (TPSA) is 62.2 Å². The molecule has 0 aliphatic rings. The largest absolute Gasteiger partial charge is 0.478 e. The van der Waals surface area contributed by atoms with Crippen molar-refractivity contribution in [1.29, 1.82) is 0 Å². The summed E-state index contributed by atoms with van der Waals surface area (Å²) in [6.07, 6.45) is 2.51. The number of carboxylic acid groups (broad SMARTS) is 1. The molecular weight excluding hydrogens is 168 g/mol. The maximum absolute atomic E-state index is 10.7. The molecule has 0 amide bonds. The summed E-state index contributed by atoms with van der Waals surface area (Å²) in [5.74, 6) is -0.511. The predicted molar refractivity (Wildman–Crippen MR) is 50.0 cm³/mol. The first kappa shape index (κ1) is 9.51. The summed E-state index contributed by atoms with van der Waals surface area (Å²) in [5, 5.41) is 11.7. The van der Waals surface area contributed by atoms with Gasteiger partial charge in [-0.15, -0.1) is 0 Å². The van der Waals surface area contributed by atoms with Crippen molar-refractivity contribution in [2.45, 2.75) is 13.3 Å². The summed E-state index contributed by atoms with van der Waals surface area (Å²) in [4.78, 5) is 14.7. The van der Waals surface area contributed by atoms with E-state index in [9.17, 15) is 4.79 Å². The molecule has 1 aromatic rings. The number of hydrogen-bond acceptors (Lipinski definition) is 3. The van der Waals surface area contributed by atoms with Crippen LogP contribution in [0.2, 0.25) is 0 Å². The Morgan fingerprint density at radius 2 is 2.46 bits per heavy atom. The Bertz CT molecular complexity index is 299. The van der Waals surface area contributed by atoms with Gasteiger partial charge in [-0.05, 0) is 18.6 Å². The SMILES string of the molecule is CCCNc1ncccc1C(=O)O. The summed E-state index contributed by atoms with van der Waals surface area (Å²) >= 11 is 0. The fourth-order valence-electron chi connectivity index (χ4n) is 0.962. The van der Waals surface area contributed by atoms with Gasteiger partial charge in [-0.25, -0.2) is 9.78 Å². The van der Waals surface area contributed by atoms with E-state index in [4.69, 9.17) is 5.11 Å². The lowest BCUT2D eigenvalue weighted by atomic mass is 10.2. The molecule has 1 rings (SSSR count). The number of aromatic nitrogens is 1. The van der Waals surface area contributed by atoms with E-state index in [2.05, 4.69) is 10.3 Å². The fraction of sp³-hybridized carbons (Fsp3) is 0.333. The second-order valence-corrected chi connectivity index (χ2v) is 2.63. The molecule has 2 N–H and O–H groups in total. The third-order valence-electron chi connectivity index (χ3n) is 1.58. The number of pyridine rings is 1. The van der Waals surface area contributed by atoms with Gasteiger partial charge >= 0.3 is 5.97 Å². The van der Waals surface area contributed by atoms with Crippen LogP contribution in [-0.2, 0) is 0 Å².